The van der Waals surface area contributed by atoms with Gasteiger partial charge in [-0.15, -0.1) is 0 Å². The van der Waals surface area contributed by atoms with Crippen LogP contribution in [0.4, 0.5) is 0 Å². The molecular formula is C19H26N2. The Morgan fingerprint density at radius 2 is 1.95 bits per heavy atom. The van der Waals surface area contributed by atoms with Gasteiger partial charge in [0.25, 0.3) is 0 Å². The molecule has 2 heteroatoms. The van der Waals surface area contributed by atoms with Crippen LogP contribution in [-0.2, 0) is 6.42 Å². The summed E-state index contributed by atoms with van der Waals surface area (Å²) in [5, 5.41) is 4.78. The van der Waals surface area contributed by atoms with Crippen LogP contribution in [-0.4, -0.2) is 17.1 Å². The van der Waals surface area contributed by atoms with Gasteiger partial charge < -0.3 is 5.32 Å². The predicted octanol–water partition coefficient (Wildman–Crippen LogP) is 4.50. The van der Waals surface area contributed by atoms with Crippen molar-refractivity contribution in [2.75, 3.05) is 6.54 Å². The van der Waals surface area contributed by atoms with Gasteiger partial charge in [-0.25, -0.2) is 0 Å². The van der Waals surface area contributed by atoms with Crippen molar-refractivity contribution in [2.45, 2.75) is 46.1 Å². The van der Waals surface area contributed by atoms with E-state index in [4.69, 9.17) is 0 Å². The molecule has 0 unspecified atom stereocenters. The number of hydrogen-bond acceptors (Lipinski definition) is 2. The maximum Gasteiger partial charge on any atom is 0.0704 e. The minimum Gasteiger partial charge on any atom is -0.312 e. The molecule has 1 N–H and O–H groups in total. The van der Waals surface area contributed by atoms with E-state index in [1.54, 1.807) is 0 Å². The van der Waals surface area contributed by atoms with E-state index in [-0.39, 0.29) is 5.54 Å². The van der Waals surface area contributed by atoms with Crippen LogP contribution >= 0.6 is 0 Å². The first-order valence-corrected chi connectivity index (χ1v) is 7.69. The van der Waals surface area contributed by atoms with Gasteiger partial charge in [0.15, 0.2) is 0 Å². The lowest BCUT2D eigenvalue weighted by atomic mass is 10.0. The number of allylic oxidation sites excluding steroid dienone is 1. The number of aromatic nitrogens is 1. The van der Waals surface area contributed by atoms with Gasteiger partial charge in [0.05, 0.1) is 5.52 Å². The number of nitrogens with one attached hydrogen (secondary N) is 1. The molecule has 0 bridgehead atoms. The normalized spacial score (nSPS) is 12.9. The van der Waals surface area contributed by atoms with E-state index in [1.165, 1.54) is 16.5 Å². The van der Waals surface area contributed by atoms with Crippen LogP contribution in [0.15, 0.2) is 48.2 Å². The van der Waals surface area contributed by atoms with E-state index in [9.17, 15) is 0 Å². The van der Waals surface area contributed by atoms with Crippen molar-refractivity contribution in [3.8, 4) is 0 Å². The Morgan fingerprint density at radius 1 is 1.19 bits per heavy atom. The van der Waals surface area contributed by atoms with Crippen molar-refractivity contribution in [3.63, 3.8) is 0 Å². The third kappa shape index (κ3) is 4.98. The highest BCUT2D eigenvalue weighted by Crippen LogP contribution is 2.19. The number of fused-ring (bicyclic) bond motifs is 1. The van der Waals surface area contributed by atoms with Gasteiger partial charge in [-0.05, 0) is 64.8 Å². The number of rotatable bonds is 5. The van der Waals surface area contributed by atoms with E-state index >= 15 is 0 Å². The molecule has 0 amide bonds. The van der Waals surface area contributed by atoms with Crippen LogP contribution in [0.5, 0.6) is 0 Å². The lowest BCUT2D eigenvalue weighted by Crippen LogP contribution is -2.36. The topological polar surface area (TPSA) is 24.9 Å². The van der Waals surface area contributed by atoms with Gasteiger partial charge in [-0.3, -0.25) is 4.98 Å². The summed E-state index contributed by atoms with van der Waals surface area (Å²) < 4.78 is 0. The second kappa shape index (κ2) is 6.86. The first-order valence-electron chi connectivity index (χ1n) is 7.69. The molecule has 0 saturated carbocycles. The van der Waals surface area contributed by atoms with Crippen molar-refractivity contribution in [3.05, 3.63) is 53.7 Å². The van der Waals surface area contributed by atoms with Crippen LogP contribution in [0.2, 0.25) is 0 Å². The monoisotopic (exact) mass is 282 g/mol. The molecule has 112 valence electrons. The zero-order valence-electron chi connectivity index (χ0n) is 13.6. The average Bonchev–Trinajstić information content (AvgIpc) is 2.43. The molecule has 0 atom stereocenters. The Bertz CT molecular complexity index is 615. The highest BCUT2D eigenvalue weighted by Gasteiger charge is 2.06. The molecule has 2 rings (SSSR count). The van der Waals surface area contributed by atoms with Crippen LogP contribution in [0.1, 0.15) is 39.7 Å². The second-order valence-corrected chi connectivity index (χ2v) is 6.68. The minimum atomic E-state index is 0.197. The largest absolute Gasteiger partial charge is 0.312 e. The van der Waals surface area contributed by atoms with Crippen molar-refractivity contribution in [1.29, 1.82) is 0 Å². The Morgan fingerprint density at radius 3 is 2.71 bits per heavy atom. The lowest BCUT2D eigenvalue weighted by Gasteiger charge is -2.19. The lowest BCUT2D eigenvalue weighted by molar-refractivity contribution is 0.431. The molecular weight excluding hydrogens is 256 g/mol. The van der Waals surface area contributed by atoms with Gasteiger partial charge in [-0.1, -0.05) is 29.8 Å². The molecule has 0 saturated heterocycles. The molecule has 1 aromatic carbocycles. The molecule has 2 nitrogen and oxygen atoms in total. The summed E-state index contributed by atoms with van der Waals surface area (Å²) >= 11 is 0. The molecule has 2 aromatic rings. The molecule has 1 heterocycles. The van der Waals surface area contributed by atoms with Crippen molar-refractivity contribution in [1.82, 2.24) is 10.3 Å². The Hall–Kier alpha value is -1.67. The molecule has 0 aliphatic rings. The first-order chi connectivity index (χ1) is 9.96. The summed E-state index contributed by atoms with van der Waals surface area (Å²) in [6, 6.07) is 10.5. The number of para-hydroxylation sites is 1. The number of hydrogen-bond donors (Lipinski definition) is 1. The summed E-state index contributed by atoms with van der Waals surface area (Å²) in [4.78, 5) is 4.42. The third-order valence-corrected chi connectivity index (χ3v) is 3.50. The Balaban J connectivity index is 1.99. The standard InChI is InChI=1S/C19H26N2/c1-15(8-7-12-21-19(2,3)4)14-16-11-13-20-18-10-6-5-9-17(16)18/h5-6,8-11,13,21H,7,12,14H2,1-4H3. The number of pyridine rings is 1. The number of nitrogens with zero attached hydrogens (tertiary/aromatic N) is 1. The van der Waals surface area contributed by atoms with Gasteiger partial charge in [0.1, 0.15) is 0 Å². The number of benzene rings is 1. The summed E-state index contributed by atoms with van der Waals surface area (Å²) in [6.45, 7) is 9.84. The molecule has 0 aliphatic heterocycles. The maximum atomic E-state index is 4.42. The van der Waals surface area contributed by atoms with E-state index in [1.807, 2.05) is 12.3 Å². The maximum absolute atomic E-state index is 4.42. The SMILES string of the molecule is CC(=CCCNC(C)(C)C)Cc1ccnc2ccccc12. The summed E-state index contributed by atoms with van der Waals surface area (Å²) in [7, 11) is 0. The quantitative estimate of drug-likeness (QED) is 0.645. The van der Waals surface area contributed by atoms with E-state index in [0.29, 0.717) is 0 Å². The zero-order valence-corrected chi connectivity index (χ0v) is 13.6. The molecule has 0 spiro atoms. The van der Waals surface area contributed by atoms with E-state index in [0.717, 1.165) is 24.9 Å². The van der Waals surface area contributed by atoms with E-state index in [2.05, 4.69) is 68.3 Å². The zero-order chi connectivity index (χ0) is 15.3. The van der Waals surface area contributed by atoms with Gasteiger partial charge in [-0.2, -0.15) is 0 Å². The highest BCUT2D eigenvalue weighted by molar-refractivity contribution is 5.82. The molecule has 21 heavy (non-hydrogen) atoms. The molecule has 0 radical (unpaired) electrons. The fourth-order valence-electron chi connectivity index (χ4n) is 2.45. The van der Waals surface area contributed by atoms with Crippen LogP contribution < -0.4 is 5.32 Å². The summed E-state index contributed by atoms with van der Waals surface area (Å²) in [5.74, 6) is 0. The van der Waals surface area contributed by atoms with Crippen LogP contribution in [0.25, 0.3) is 10.9 Å². The van der Waals surface area contributed by atoms with Gasteiger partial charge in [0.2, 0.25) is 0 Å². The van der Waals surface area contributed by atoms with Crippen molar-refractivity contribution in [2.24, 2.45) is 0 Å². The van der Waals surface area contributed by atoms with Crippen molar-refractivity contribution >= 4 is 10.9 Å². The van der Waals surface area contributed by atoms with Gasteiger partial charge in [0, 0.05) is 17.1 Å². The second-order valence-electron chi connectivity index (χ2n) is 6.68. The predicted molar refractivity (Wildman–Crippen MR) is 91.6 cm³/mol. The average molecular weight is 282 g/mol. The molecule has 0 aliphatic carbocycles. The minimum absolute atomic E-state index is 0.197. The van der Waals surface area contributed by atoms with Crippen LogP contribution in [0, 0.1) is 0 Å². The van der Waals surface area contributed by atoms with E-state index < -0.39 is 0 Å². The molecule has 1 aromatic heterocycles. The van der Waals surface area contributed by atoms with Crippen molar-refractivity contribution < 1.29 is 0 Å². The Kier molecular flexibility index (Phi) is 5.13. The highest BCUT2D eigenvalue weighted by atomic mass is 14.9. The summed E-state index contributed by atoms with van der Waals surface area (Å²) in [5.41, 5.74) is 4.06. The van der Waals surface area contributed by atoms with Gasteiger partial charge >= 0.3 is 0 Å². The fraction of sp³-hybridized carbons (Fsp3) is 0.421. The fourth-order valence-corrected chi connectivity index (χ4v) is 2.45. The summed E-state index contributed by atoms with van der Waals surface area (Å²) in [6.07, 6.45) is 6.32. The smallest absolute Gasteiger partial charge is 0.0704 e. The van der Waals surface area contributed by atoms with Crippen LogP contribution in [0.3, 0.4) is 0 Å². The third-order valence-electron chi connectivity index (χ3n) is 3.50. The Labute approximate surface area is 128 Å². The molecule has 0 fully saturated rings. The first kappa shape index (κ1) is 15.7.